The van der Waals surface area contributed by atoms with Crippen LogP contribution in [0.4, 0.5) is 4.39 Å². The van der Waals surface area contributed by atoms with Crippen LogP contribution in [0.3, 0.4) is 0 Å². The molecule has 0 radical (unpaired) electrons. The predicted octanol–water partition coefficient (Wildman–Crippen LogP) is 3.58. The van der Waals surface area contributed by atoms with Crippen LogP contribution >= 0.6 is 0 Å². The summed E-state index contributed by atoms with van der Waals surface area (Å²) in [6.07, 6.45) is 2.13. The van der Waals surface area contributed by atoms with Gasteiger partial charge in [0.1, 0.15) is 5.82 Å². The smallest absolute Gasteiger partial charge is 0.123 e. The van der Waals surface area contributed by atoms with E-state index in [1.807, 2.05) is 6.07 Å². The minimum Gasteiger partial charge on any atom is -0.326 e. The first kappa shape index (κ1) is 15.5. The minimum absolute atomic E-state index is 0.0581. The molecule has 1 fully saturated rings. The SMILES string of the molecule is CCC(N)C(c1cccc(F)c1)N1CCC(C(C)C)C1. The van der Waals surface area contributed by atoms with Crippen molar-refractivity contribution < 1.29 is 4.39 Å². The Morgan fingerprint density at radius 1 is 1.40 bits per heavy atom. The summed E-state index contributed by atoms with van der Waals surface area (Å²) >= 11 is 0. The van der Waals surface area contributed by atoms with E-state index in [0.717, 1.165) is 31.0 Å². The van der Waals surface area contributed by atoms with Crippen molar-refractivity contribution in [2.75, 3.05) is 13.1 Å². The number of hydrogen-bond acceptors (Lipinski definition) is 2. The van der Waals surface area contributed by atoms with Crippen molar-refractivity contribution in [3.05, 3.63) is 35.6 Å². The van der Waals surface area contributed by atoms with E-state index in [-0.39, 0.29) is 17.9 Å². The molecule has 2 N–H and O–H groups in total. The van der Waals surface area contributed by atoms with Crippen molar-refractivity contribution in [1.82, 2.24) is 4.90 Å². The first-order chi connectivity index (χ1) is 9.52. The van der Waals surface area contributed by atoms with Crippen LogP contribution in [-0.4, -0.2) is 24.0 Å². The van der Waals surface area contributed by atoms with Crippen LogP contribution in [0.5, 0.6) is 0 Å². The molecule has 1 aliphatic rings. The van der Waals surface area contributed by atoms with Crippen molar-refractivity contribution in [3.63, 3.8) is 0 Å². The molecule has 112 valence electrons. The van der Waals surface area contributed by atoms with E-state index in [1.54, 1.807) is 12.1 Å². The zero-order valence-electron chi connectivity index (χ0n) is 12.8. The van der Waals surface area contributed by atoms with E-state index in [1.165, 1.54) is 12.5 Å². The summed E-state index contributed by atoms with van der Waals surface area (Å²) in [5.41, 5.74) is 7.35. The number of hydrogen-bond donors (Lipinski definition) is 1. The maximum Gasteiger partial charge on any atom is 0.123 e. The Morgan fingerprint density at radius 3 is 2.70 bits per heavy atom. The fourth-order valence-corrected chi connectivity index (χ4v) is 3.25. The zero-order valence-corrected chi connectivity index (χ0v) is 12.8. The Labute approximate surface area is 122 Å². The lowest BCUT2D eigenvalue weighted by Crippen LogP contribution is -2.40. The van der Waals surface area contributed by atoms with Crippen molar-refractivity contribution in [2.24, 2.45) is 17.6 Å². The second-order valence-corrected chi connectivity index (χ2v) is 6.36. The van der Waals surface area contributed by atoms with Gasteiger partial charge in [0.25, 0.3) is 0 Å². The zero-order chi connectivity index (χ0) is 14.7. The molecule has 1 aromatic rings. The third-order valence-electron chi connectivity index (χ3n) is 4.66. The molecule has 0 aromatic heterocycles. The van der Waals surface area contributed by atoms with E-state index >= 15 is 0 Å². The number of likely N-dealkylation sites (tertiary alicyclic amines) is 1. The van der Waals surface area contributed by atoms with Crippen LogP contribution in [0, 0.1) is 17.7 Å². The molecule has 3 atom stereocenters. The molecule has 2 nitrogen and oxygen atoms in total. The molecule has 1 aliphatic heterocycles. The average molecular weight is 278 g/mol. The third-order valence-corrected chi connectivity index (χ3v) is 4.66. The molecule has 3 heteroatoms. The predicted molar refractivity (Wildman–Crippen MR) is 81.9 cm³/mol. The van der Waals surface area contributed by atoms with Gasteiger partial charge in [-0.1, -0.05) is 32.9 Å². The maximum absolute atomic E-state index is 13.5. The van der Waals surface area contributed by atoms with Gasteiger partial charge >= 0.3 is 0 Å². The molecule has 0 amide bonds. The number of nitrogens with zero attached hydrogens (tertiary/aromatic N) is 1. The monoisotopic (exact) mass is 278 g/mol. The number of nitrogens with two attached hydrogens (primary N) is 1. The van der Waals surface area contributed by atoms with Crippen LogP contribution < -0.4 is 5.73 Å². The molecule has 2 rings (SSSR count). The molecule has 1 aromatic carbocycles. The van der Waals surface area contributed by atoms with E-state index in [9.17, 15) is 4.39 Å². The summed E-state index contributed by atoms with van der Waals surface area (Å²) in [4.78, 5) is 2.45. The molecule has 20 heavy (non-hydrogen) atoms. The lowest BCUT2D eigenvalue weighted by atomic mass is 9.94. The Bertz CT molecular complexity index is 433. The summed E-state index contributed by atoms with van der Waals surface area (Å²) in [5, 5.41) is 0. The van der Waals surface area contributed by atoms with E-state index in [4.69, 9.17) is 5.73 Å². The van der Waals surface area contributed by atoms with Gasteiger partial charge in [0, 0.05) is 18.6 Å². The quantitative estimate of drug-likeness (QED) is 0.892. The topological polar surface area (TPSA) is 29.3 Å². The van der Waals surface area contributed by atoms with Crippen LogP contribution in [-0.2, 0) is 0 Å². The van der Waals surface area contributed by atoms with Crippen LogP contribution in [0.15, 0.2) is 24.3 Å². The minimum atomic E-state index is -0.171. The highest BCUT2D eigenvalue weighted by Crippen LogP contribution is 2.33. The lowest BCUT2D eigenvalue weighted by Gasteiger charge is -2.33. The second kappa shape index (κ2) is 6.68. The summed E-state index contributed by atoms with van der Waals surface area (Å²) in [6.45, 7) is 8.81. The largest absolute Gasteiger partial charge is 0.326 e. The highest BCUT2D eigenvalue weighted by molar-refractivity contribution is 5.22. The molecule has 0 aliphatic carbocycles. The Hall–Kier alpha value is -0.930. The van der Waals surface area contributed by atoms with Gasteiger partial charge in [-0.05, 0) is 48.9 Å². The number of halogens is 1. The van der Waals surface area contributed by atoms with Crippen molar-refractivity contribution >= 4 is 0 Å². The van der Waals surface area contributed by atoms with Crippen molar-refractivity contribution in [2.45, 2.75) is 45.7 Å². The molecule has 0 bridgehead atoms. The molecule has 0 saturated carbocycles. The molecular formula is C17H27FN2. The maximum atomic E-state index is 13.5. The third kappa shape index (κ3) is 3.39. The van der Waals surface area contributed by atoms with E-state index in [0.29, 0.717) is 5.92 Å². The molecule has 3 unspecified atom stereocenters. The summed E-state index contributed by atoms with van der Waals surface area (Å²) in [6, 6.07) is 7.13. The van der Waals surface area contributed by atoms with Gasteiger partial charge in [0.05, 0.1) is 0 Å². The fraction of sp³-hybridized carbons (Fsp3) is 0.647. The van der Waals surface area contributed by atoms with Gasteiger partial charge in [0.2, 0.25) is 0 Å². The first-order valence-corrected chi connectivity index (χ1v) is 7.78. The van der Waals surface area contributed by atoms with Gasteiger partial charge in [-0.15, -0.1) is 0 Å². The standard InChI is InChI=1S/C17H27FN2/c1-4-16(19)17(13-6-5-7-15(18)10-13)20-9-8-14(11-20)12(2)3/h5-7,10,12,14,16-17H,4,8-9,11,19H2,1-3H3. The van der Waals surface area contributed by atoms with Gasteiger partial charge in [0.15, 0.2) is 0 Å². The molecule has 0 spiro atoms. The Morgan fingerprint density at radius 2 is 2.15 bits per heavy atom. The van der Waals surface area contributed by atoms with Gasteiger partial charge in [-0.3, -0.25) is 4.90 Å². The van der Waals surface area contributed by atoms with Crippen LogP contribution in [0.1, 0.15) is 45.2 Å². The number of rotatable bonds is 5. The highest BCUT2D eigenvalue weighted by atomic mass is 19.1. The van der Waals surface area contributed by atoms with E-state index < -0.39 is 0 Å². The van der Waals surface area contributed by atoms with Gasteiger partial charge in [-0.25, -0.2) is 4.39 Å². The highest BCUT2D eigenvalue weighted by Gasteiger charge is 2.33. The van der Waals surface area contributed by atoms with Crippen molar-refractivity contribution in [1.29, 1.82) is 0 Å². The van der Waals surface area contributed by atoms with Crippen LogP contribution in [0.2, 0.25) is 0 Å². The van der Waals surface area contributed by atoms with Crippen LogP contribution in [0.25, 0.3) is 0 Å². The Balaban J connectivity index is 2.21. The normalized spacial score (nSPS) is 23.2. The van der Waals surface area contributed by atoms with Gasteiger partial charge in [-0.2, -0.15) is 0 Å². The first-order valence-electron chi connectivity index (χ1n) is 7.78. The van der Waals surface area contributed by atoms with Crippen molar-refractivity contribution in [3.8, 4) is 0 Å². The average Bonchev–Trinajstić information content (AvgIpc) is 2.88. The molecule has 1 heterocycles. The summed E-state index contributed by atoms with van der Waals surface area (Å²) in [7, 11) is 0. The molecular weight excluding hydrogens is 251 g/mol. The van der Waals surface area contributed by atoms with Gasteiger partial charge < -0.3 is 5.73 Å². The number of benzene rings is 1. The van der Waals surface area contributed by atoms with E-state index in [2.05, 4.69) is 25.7 Å². The second-order valence-electron chi connectivity index (χ2n) is 6.36. The summed E-state index contributed by atoms with van der Waals surface area (Å²) < 4.78 is 13.5. The Kier molecular flexibility index (Phi) is 5.17. The lowest BCUT2D eigenvalue weighted by molar-refractivity contribution is 0.195. The molecule has 1 saturated heterocycles. The summed E-state index contributed by atoms with van der Waals surface area (Å²) in [5.74, 6) is 1.26. The fourth-order valence-electron chi connectivity index (χ4n) is 3.25.